The first kappa shape index (κ1) is 17.7. The van der Waals surface area contributed by atoms with Crippen LogP contribution < -0.4 is 0 Å². The quantitative estimate of drug-likeness (QED) is 0.343. The highest BCUT2D eigenvalue weighted by Crippen LogP contribution is 2.19. The normalized spacial score (nSPS) is 11.8. The molecule has 0 bridgehead atoms. The smallest absolute Gasteiger partial charge is 0.359 e. The lowest BCUT2D eigenvalue weighted by Gasteiger charge is -2.12. The minimum Gasteiger partial charge on any atom is -0.449 e. The number of hydrogen-bond donors (Lipinski definition) is 0. The van der Waals surface area contributed by atoms with Crippen molar-refractivity contribution in [3.8, 4) is 0 Å². The zero-order valence-corrected chi connectivity index (χ0v) is 14.6. The molecule has 8 heteroatoms. The summed E-state index contributed by atoms with van der Waals surface area (Å²) in [6.07, 6.45) is 2.11. The Kier molecular flexibility index (Phi) is 5.98. The summed E-state index contributed by atoms with van der Waals surface area (Å²) in [4.78, 5) is 32.3. The van der Waals surface area contributed by atoms with Crippen LogP contribution in [0, 0.1) is 0 Å². The molecule has 5 nitrogen and oxygen atoms in total. The predicted molar refractivity (Wildman–Crippen MR) is 89.5 cm³/mol. The van der Waals surface area contributed by atoms with Crippen LogP contribution in [0.3, 0.4) is 0 Å². The van der Waals surface area contributed by atoms with E-state index in [2.05, 4.69) is 9.97 Å². The van der Waals surface area contributed by atoms with Crippen LogP contribution in [0.2, 0.25) is 10.0 Å². The number of carbonyl (C=O) groups excluding carboxylic acids is 2. The van der Waals surface area contributed by atoms with E-state index in [4.69, 9.17) is 27.9 Å². The lowest BCUT2D eigenvalue weighted by molar-refractivity contribution is 0.0312. The number of Topliss-reactive ketones (excluding diaryl/α,β-unsaturated/α-hetero) is 1. The summed E-state index contributed by atoms with van der Waals surface area (Å²) in [6, 6.07) is 6.32. The maximum Gasteiger partial charge on any atom is 0.359 e. The first-order valence-corrected chi connectivity index (χ1v) is 8.47. The number of aromatic nitrogens is 2. The maximum absolute atomic E-state index is 12.2. The largest absolute Gasteiger partial charge is 0.449 e. The zero-order chi connectivity index (χ0) is 17.0. The molecule has 120 valence electrons. The second-order valence-electron chi connectivity index (χ2n) is 4.47. The van der Waals surface area contributed by atoms with Gasteiger partial charge in [0.2, 0.25) is 5.78 Å². The average Bonchev–Trinajstić information content (AvgIpc) is 2.55. The van der Waals surface area contributed by atoms with E-state index in [-0.39, 0.29) is 16.5 Å². The van der Waals surface area contributed by atoms with Crippen molar-refractivity contribution in [1.29, 1.82) is 0 Å². The number of thioether (sulfide) groups is 1. The highest BCUT2D eigenvalue weighted by molar-refractivity contribution is 7.98. The number of halogens is 2. The van der Waals surface area contributed by atoms with Gasteiger partial charge in [-0.2, -0.15) is 0 Å². The van der Waals surface area contributed by atoms with E-state index in [0.717, 1.165) is 0 Å². The van der Waals surface area contributed by atoms with Gasteiger partial charge in [-0.15, -0.1) is 0 Å². The lowest BCUT2D eigenvalue weighted by atomic mass is 10.1. The second kappa shape index (κ2) is 7.77. The topological polar surface area (TPSA) is 69.2 Å². The Morgan fingerprint density at radius 2 is 1.87 bits per heavy atom. The highest BCUT2D eigenvalue weighted by Gasteiger charge is 2.23. The van der Waals surface area contributed by atoms with Gasteiger partial charge in [0.1, 0.15) is 0 Å². The minimum absolute atomic E-state index is 0.0678. The number of esters is 1. The molecule has 1 heterocycles. The Morgan fingerprint density at radius 1 is 1.22 bits per heavy atom. The third-order valence-electron chi connectivity index (χ3n) is 2.88. The molecule has 23 heavy (non-hydrogen) atoms. The molecule has 0 saturated heterocycles. The molecule has 0 saturated carbocycles. The van der Waals surface area contributed by atoms with E-state index in [1.165, 1.54) is 24.9 Å². The Labute approximate surface area is 147 Å². The molecule has 0 fully saturated rings. The zero-order valence-electron chi connectivity index (χ0n) is 12.2. The van der Waals surface area contributed by atoms with Crippen LogP contribution in [-0.2, 0) is 4.74 Å². The molecule has 0 aliphatic rings. The number of hydrogen-bond acceptors (Lipinski definition) is 6. The van der Waals surface area contributed by atoms with Crippen molar-refractivity contribution in [1.82, 2.24) is 9.97 Å². The molecule has 1 atom stereocenters. The van der Waals surface area contributed by atoms with Gasteiger partial charge in [0.15, 0.2) is 17.0 Å². The van der Waals surface area contributed by atoms with Crippen LogP contribution in [0.4, 0.5) is 0 Å². The highest BCUT2D eigenvalue weighted by atomic mass is 35.5. The molecule has 1 aromatic heterocycles. The lowest BCUT2D eigenvalue weighted by Crippen LogP contribution is -2.25. The summed E-state index contributed by atoms with van der Waals surface area (Å²) in [5, 5.41) is 0.973. The number of ether oxygens (including phenoxy) is 1. The third-order valence-corrected chi connectivity index (χ3v) is 3.97. The third kappa shape index (κ3) is 4.43. The summed E-state index contributed by atoms with van der Waals surface area (Å²) in [6.45, 7) is 1.49. The summed E-state index contributed by atoms with van der Waals surface area (Å²) in [7, 11) is 0. The molecular formula is C15H12Cl2N2O3S. The van der Waals surface area contributed by atoms with Crippen molar-refractivity contribution in [3.63, 3.8) is 0 Å². The Morgan fingerprint density at radius 3 is 2.48 bits per heavy atom. The molecule has 0 N–H and O–H groups in total. The van der Waals surface area contributed by atoms with Crippen molar-refractivity contribution in [2.24, 2.45) is 0 Å². The van der Waals surface area contributed by atoms with E-state index in [1.54, 1.807) is 30.5 Å². The van der Waals surface area contributed by atoms with E-state index in [0.29, 0.717) is 15.7 Å². The Hall–Kier alpha value is -1.63. The number of ketones is 1. The Balaban J connectivity index is 2.13. The van der Waals surface area contributed by atoms with Crippen LogP contribution >= 0.6 is 35.0 Å². The molecule has 2 rings (SSSR count). The molecule has 0 aliphatic heterocycles. The predicted octanol–water partition coefficient (Wildman–Crippen LogP) is 3.93. The van der Waals surface area contributed by atoms with Crippen LogP contribution in [0.25, 0.3) is 0 Å². The molecule has 0 spiro atoms. The van der Waals surface area contributed by atoms with Gasteiger partial charge < -0.3 is 4.74 Å². The molecule has 1 aromatic carbocycles. The minimum atomic E-state index is -0.979. The summed E-state index contributed by atoms with van der Waals surface area (Å²) in [5.74, 6) is -1.12. The molecule has 0 amide bonds. The first-order chi connectivity index (χ1) is 10.9. The summed E-state index contributed by atoms with van der Waals surface area (Å²) >= 11 is 13.0. The maximum atomic E-state index is 12.2. The fourth-order valence-electron chi connectivity index (χ4n) is 1.71. The molecule has 0 unspecified atom stereocenters. The standard InChI is InChI=1S/C15H12Cl2N2O3S/c1-8(13(20)9-3-5-10(16)6-4-9)22-14(21)12-11(17)7-18-15(19-12)23-2/h3-8H,1-2H3/t8-/m0/s1. The molecule has 0 aliphatic carbocycles. The van der Waals surface area contributed by atoms with Gasteiger partial charge in [0.25, 0.3) is 0 Å². The van der Waals surface area contributed by atoms with Gasteiger partial charge in [-0.3, -0.25) is 4.79 Å². The number of nitrogens with zero attached hydrogens (tertiary/aromatic N) is 2. The number of benzene rings is 1. The average molecular weight is 371 g/mol. The van der Waals surface area contributed by atoms with Crippen molar-refractivity contribution in [3.05, 3.63) is 51.8 Å². The van der Waals surface area contributed by atoms with E-state index in [9.17, 15) is 9.59 Å². The van der Waals surface area contributed by atoms with Gasteiger partial charge in [-0.25, -0.2) is 14.8 Å². The second-order valence-corrected chi connectivity index (χ2v) is 6.09. The summed E-state index contributed by atoms with van der Waals surface area (Å²) in [5.41, 5.74) is 0.329. The van der Waals surface area contributed by atoms with Crippen LogP contribution in [0.5, 0.6) is 0 Å². The van der Waals surface area contributed by atoms with Crippen LogP contribution in [0.1, 0.15) is 27.8 Å². The molecule has 0 radical (unpaired) electrons. The molecular weight excluding hydrogens is 359 g/mol. The van der Waals surface area contributed by atoms with Gasteiger partial charge in [0.05, 0.1) is 11.2 Å². The fraction of sp³-hybridized carbons (Fsp3) is 0.200. The first-order valence-electron chi connectivity index (χ1n) is 6.49. The van der Waals surface area contributed by atoms with Gasteiger partial charge in [-0.1, -0.05) is 35.0 Å². The monoisotopic (exact) mass is 370 g/mol. The SMILES string of the molecule is CSc1ncc(Cl)c(C(=O)O[C@@H](C)C(=O)c2ccc(Cl)cc2)n1. The van der Waals surface area contributed by atoms with Gasteiger partial charge >= 0.3 is 5.97 Å². The van der Waals surface area contributed by atoms with Gasteiger partial charge in [0, 0.05) is 10.6 Å². The van der Waals surface area contributed by atoms with E-state index in [1.807, 2.05) is 0 Å². The number of rotatable bonds is 5. The molecule has 2 aromatic rings. The van der Waals surface area contributed by atoms with E-state index < -0.39 is 12.1 Å². The van der Waals surface area contributed by atoms with Gasteiger partial charge in [-0.05, 0) is 37.4 Å². The number of carbonyl (C=O) groups is 2. The van der Waals surface area contributed by atoms with Crippen LogP contribution in [0.15, 0.2) is 35.6 Å². The fourth-order valence-corrected chi connectivity index (χ4v) is 2.35. The van der Waals surface area contributed by atoms with Crippen molar-refractivity contribution < 1.29 is 14.3 Å². The van der Waals surface area contributed by atoms with Crippen molar-refractivity contribution in [2.45, 2.75) is 18.2 Å². The van der Waals surface area contributed by atoms with Crippen LogP contribution in [-0.4, -0.2) is 34.1 Å². The van der Waals surface area contributed by atoms with Crippen molar-refractivity contribution in [2.75, 3.05) is 6.26 Å². The Bertz CT molecular complexity index is 738. The summed E-state index contributed by atoms with van der Waals surface area (Å²) < 4.78 is 5.16. The van der Waals surface area contributed by atoms with Crippen molar-refractivity contribution >= 4 is 46.7 Å². The van der Waals surface area contributed by atoms with E-state index >= 15 is 0 Å².